The lowest BCUT2D eigenvalue weighted by Gasteiger charge is -2.12. The van der Waals surface area contributed by atoms with Crippen LogP contribution in [0.15, 0.2) is 29.2 Å². The summed E-state index contributed by atoms with van der Waals surface area (Å²) in [6.07, 6.45) is -0.477. The number of nitrogens with one attached hydrogen (secondary N) is 1. The minimum Gasteiger partial charge on any atom is -0.389 e. The quantitative estimate of drug-likeness (QED) is 0.792. The van der Waals surface area contributed by atoms with Gasteiger partial charge in [-0.25, -0.2) is 0 Å². The first kappa shape index (κ1) is 14.1. The molecule has 1 aromatic rings. The van der Waals surface area contributed by atoms with E-state index in [9.17, 15) is 9.90 Å². The summed E-state index contributed by atoms with van der Waals surface area (Å²) >= 11 is 1.50. The number of hydrogen-bond acceptors (Lipinski definition) is 3. The second kappa shape index (κ2) is 6.67. The van der Waals surface area contributed by atoms with Crippen molar-refractivity contribution in [3.63, 3.8) is 0 Å². The van der Waals surface area contributed by atoms with E-state index in [4.69, 9.17) is 0 Å². The van der Waals surface area contributed by atoms with Gasteiger partial charge < -0.3 is 10.4 Å². The van der Waals surface area contributed by atoms with Crippen LogP contribution in [-0.2, 0) is 4.79 Å². The summed E-state index contributed by atoms with van der Waals surface area (Å²) in [5.41, 5.74) is 0.873. The van der Waals surface area contributed by atoms with Crippen molar-refractivity contribution >= 4 is 17.7 Å². The number of thioether (sulfide) groups is 1. The molecule has 0 spiro atoms. The van der Waals surface area contributed by atoms with Gasteiger partial charge in [-0.05, 0) is 38.5 Å². The Balaban J connectivity index is 2.68. The highest BCUT2D eigenvalue weighted by atomic mass is 32.2. The first-order valence-electron chi connectivity index (χ1n) is 5.77. The minimum absolute atomic E-state index is 0.0416. The summed E-state index contributed by atoms with van der Waals surface area (Å²) < 4.78 is 0. The van der Waals surface area contributed by atoms with Crippen LogP contribution in [0.3, 0.4) is 0 Å². The smallest absolute Gasteiger partial charge is 0.233 e. The summed E-state index contributed by atoms with van der Waals surface area (Å²) in [6.45, 7) is 6.17. The van der Waals surface area contributed by atoms with E-state index >= 15 is 0 Å². The van der Waals surface area contributed by atoms with Gasteiger partial charge in [0, 0.05) is 11.4 Å². The SMILES string of the molecule is CCNC(=O)C(C)Sc1cccc(C(C)O)c1. The number of rotatable bonds is 5. The maximum absolute atomic E-state index is 11.6. The van der Waals surface area contributed by atoms with E-state index in [1.807, 2.05) is 38.1 Å². The summed E-state index contributed by atoms with van der Waals surface area (Å²) in [6, 6.07) is 7.65. The molecule has 0 saturated carbocycles. The monoisotopic (exact) mass is 253 g/mol. The van der Waals surface area contributed by atoms with Crippen LogP contribution < -0.4 is 5.32 Å². The zero-order chi connectivity index (χ0) is 12.8. The summed E-state index contributed by atoms with van der Waals surface area (Å²) in [7, 11) is 0. The van der Waals surface area contributed by atoms with Gasteiger partial charge in [0.2, 0.25) is 5.91 Å². The lowest BCUT2D eigenvalue weighted by Crippen LogP contribution is -2.30. The van der Waals surface area contributed by atoms with E-state index in [1.54, 1.807) is 6.92 Å². The molecule has 0 aliphatic carbocycles. The largest absolute Gasteiger partial charge is 0.389 e. The molecule has 0 aromatic heterocycles. The van der Waals surface area contributed by atoms with Crippen molar-refractivity contribution in [3.05, 3.63) is 29.8 Å². The molecule has 0 saturated heterocycles. The lowest BCUT2D eigenvalue weighted by atomic mass is 10.1. The van der Waals surface area contributed by atoms with E-state index in [2.05, 4.69) is 5.32 Å². The van der Waals surface area contributed by atoms with Crippen LogP contribution in [0.2, 0.25) is 0 Å². The van der Waals surface area contributed by atoms with Crippen LogP contribution in [0.5, 0.6) is 0 Å². The van der Waals surface area contributed by atoms with E-state index < -0.39 is 6.10 Å². The number of aliphatic hydroxyl groups is 1. The number of carbonyl (C=O) groups excluding carboxylic acids is 1. The highest BCUT2D eigenvalue weighted by Gasteiger charge is 2.13. The fourth-order valence-corrected chi connectivity index (χ4v) is 2.38. The fourth-order valence-electron chi connectivity index (χ4n) is 1.42. The Morgan fingerprint density at radius 3 is 2.76 bits per heavy atom. The molecule has 2 N–H and O–H groups in total. The number of carbonyl (C=O) groups is 1. The topological polar surface area (TPSA) is 49.3 Å². The lowest BCUT2D eigenvalue weighted by molar-refractivity contribution is -0.120. The molecular weight excluding hydrogens is 234 g/mol. The normalized spacial score (nSPS) is 14.1. The molecule has 2 unspecified atom stereocenters. The number of amides is 1. The summed E-state index contributed by atoms with van der Waals surface area (Å²) in [5.74, 6) is 0.0416. The third kappa shape index (κ3) is 4.40. The van der Waals surface area contributed by atoms with Crippen LogP contribution >= 0.6 is 11.8 Å². The van der Waals surface area contributed by atoms with Gasteiger partial charge in [-0.3, -0.25) is 4.79 Å². The van der Waals surface area contributed by atoms with Gasteiger partial charge in [0.15, 0.2) is 0 Å². The van der Waals surface area contributed by atoms with E-state index in [0.29, 0.717) is 6.54 Å². The molecule has 3 nitrogen and oxygen atoms in total. The summed E-state index contributed by atoms with van der Waals surface area (Å²) in [4.78, 5) is 12.6. The molecule has 1 aromatic carbocycles. The summed E-state index contributed by atoms with van der Waals surface area (Å²) in [5, 5.41) is 12.2. The Hall–Kier alpha value is -1.00. The molecule has 4 heteroatoms. The highest BCUT2D eigenvalue weighted by molar-refractivity contribution is 8.00. The van der Waals surface area contributed by atoms with E-state index in [0.717, 1.165) is 10.5 Å². The van der Waals surface area contributed by atoms with Gasteiger partial charge in [0.1, 0.15) is 0 Å². The van der Waals surface area contributed by atoms with Crippen LogP contribution in [0.25, 0.3) is 0 Å². The third-order valence-electron chi connectivity index (χ3n) is 2.37. The molecule has 0 fully saturated rings. The van der Waals surface area contributed by atoms with Crippen molar-refractivity contribution < 1.29 is 9.90 Å². The first-order valence-corrected chi connectivity index (χ1v) is 6.65. The van der Waals surface area contributed by atoms with Gasteiger partial charge in [0.25, 0.3) is 0 Å². The Labute approximate surface area is 107 Å². The van der Waals surface area contributed by atoms with Crippen LogP contribution in [0.1, 0.15) is 32.4 Å². The van der Waals surface area contributed by atoms with Gasteiger partial charge in [-0.15, -0.1) is 11.8 Å². The molecule has 0 bridgehead atoms. The predicted octanol–water partition coefficient (Wildman–Crippen LogP) is 2.36. The van der Waals surface area contributed by atoms with Gasteiger partial charge in [0.05, 0.1) is 11.4 Å². The minimum atomic E-state index is -0.477. The Morgan fingerprint density at radius 2 is 2.18 bits per heavy atom. The van der Waals surface area contributed by atoms with Gasteiger partial charge >= 0.3 is 0 Å². The van der Waals surface area contributed by atoms with Crippen molar-refractivity contribution in [2.24, 2.45) is 0 Å². The number of aliphatic hydroxyl groups excluding tert-OH is 1. The molecule has 0 aliphatic heterocycles. The molecule has 17 heavy (non-hydrogen) atoms. The standard InChI is InChI=1S/C13H19NO2S/c1-4-14-13(16)10(3)17-12-7-5-6-11(8-12)9(2)15/h5-10,15H,4H2,1-3H3,(H,14,16). The molecule has 94 valence electrons. The van der Waals surface area contributed by atoms with E-state index in [1.165, 1.54) is 11.8 Å². The molecule has 1 amide bonds. The average molecular weight is 253 g/mol. The molecule has 0 heterocycles. The Kier molecular flexibility index (Phi) is 5.51. The van der Waals surface area contributed by atoms with Crippen LogP contribution in [0.4, 0.5) is 0 Å². The van der Waals surface area contributed by atoms with Crippen molar-refractivity contribution in [2.45, 2.75) is 37.0 Å². The predicted molar refractivity (Wildman–Crippen MR) is 71.1 cm³/mol. The zero-order valence-corrected chi connectivity index (χ0v) is 11.3. The van der Waals surface area contributed by atoms with Crippen molar-refractivity contribution in [2.75, 3.05) is 6.54 Å². The Bertz CT molecular complexity index is 379. The maximum Gasteiger partial charge on any atom is 0.233 e. The number of benzene rings is 1. The average Bonchev–Trinajstić information content (AvgIpc) is 2.29. The second-order valence-electron chi connectivity index (χ2n) is 3.90. The van der Waals surface area contributed by atoms with E-state index in [-0.39, 0.29) is 11.2 Å². The van der Waals surface area contributed by atoms with Crippen molar-refractivity contribution in [1.29, 1.82) is 0 Å². The maximum atomic E-state index is 11.6. The van der Waals surface area contributed by atoms with Gasteiger partial charge in [-0.1, -0.05) is 12.1 Å². The molecule has 2 atom stereocenters. The molecular formula is C13H19NO2S. The molecule has 1 rings (SSSR count). The fraction of sp³-hybridized carbons (Fsp3) is 0.462. The molecule has 0 radical (unpaired) electrons. The third-order valence-corrected chi connectivity index (χ3v) is 3.47. The zero-order valence-electron chi connectivity index (χ0n) is 10.4. The Morgan fingerprint density at radius 1 is 1.47 bits per heavy atom. The van der Waals surface area contributed by atoms with Crippen molar-refractivity contribution in [1.82, 2.24) is 5.32 Å². The number of hydrogen-bond donors (Lipinski definition) is 2. The second-order valence-corrected chi connectivity index (χ2v) is 5.32. The van der Waals surface area contributed by atoms with Gasteiger partial charge in [-0.2, -0.15) is 0 Å². The highest BCUT2D eigenvalue weighted by Crippen LogP contribution is 2.26. The first-order chi connectivity index (χ1) is 8.04. The van der Waals surface area contributed by atoms with Crippen LogP contribution in [0, 0.1) is 0 Å². The van der Waals surface area contributed by atoms with Crippen LogP contribution in [-0.4, -0.2) is 22.8 Å². The van der Waals surface area contributed by atoms with Crippen molar-refractivity contribution in [3.8, 4) is 0 Å². The molecule has 0 aliphatic rings.